The minimum absolute atomic E-state index is 0.137. The summed E-state index contributed by atoms with van der Waals surface area (Å²) in [6.45, 7) is 3.52. The monoisotopic (exact) mass is 152 g/mol. The van der Waals surface area contributed by atoms with E-state index in [1.165, 1.54) is 0 Å². The van der Waals surface area contributed by atoms with Gasteiger partial charge in [0.05, 0.1) is 5.00 Å². The Morgan fingerprint density at radius 2 is 2.57 bits per heavy atom. The fourth-order valence-corrected chi connectivity index (χ4v) is 2.77. The first-order chi connectivity index (χ1) is 3.31. The summed E-state index contributed by atoms with van der Waals surface area (Å²) in [6.07, 6.45) is 1.73. The summed E-state index contributed by atoms with van der Waals surface area (Å²) in [5.74, 6) is 0. The molecule has 0 saturated heterocycles. The molecule has 1 unspecified atom stereocenters. The number of alkyl halides is 1. The molecule has 0 aliphatic carbocycles. The van der Waals surface area contributed by atoms with Crippen LogP contribution in [0.4, 0.5) is 0 Å². The van der Waals surface area contributed by atoms with Gasteiger partial charge in [-0.2, -0.15) is 0 Å². The average molecular weight is 153 g/mol. The van der Waals surface area contributed by atoms with E-state index in [1.807, 2.05) is 0 Å². The van der Waals surface area contributed by atoms with Crippen LogP contribution in [-0.2, 0) is 4.12 Å². The Bertz CT molecular complexity index is 58.9. The number of halogens is 1. The van der Waals surface area contributed by atoms with Crippen LogP contribution in [0.1, 0.15) is 0 Å². The molecule has 42 valence electrons. The van der Waals surface area contributed by atoms with Crippen LogP contribution >= 0.6 is 11.6 Å². The van der Waals surface area contributed by atoms with Crippen molar-refractivity contribution in [3.8, 4) is 0 Å². The van der Waals surface area contributed by atoms with Crippen LogP contribution in [0, 0.1) is 0 Å². The van der Waals surface area contributed by atoms with Gasteiger partial charge in [0.15, 0.2) is 9.76 Å². The second-order valence-electron chi connectivity index (χ2n) is 1.21. The van der Waals surface area contributed by atoms with Gasteiger partial charge < -0.3 is 4.12 Å². The fraction of sp³-hybridized carbons (Fsp3) is 0.333. The second-order valence-corrected chi connectivity index (χ2v) is 5.81. The Labute approximate surface area is 54.2 Å². The van der Waals surface area contributed by atoms with Gasteiger partial charge >= 0.3 is 0 Å². The highest BCUT2D eigenvalue weighted by molar-refractivity contribution is 6.52. The van der Waals surface area contributed by atoms with Crippen molar-refractivity contribution in [1.29, 1.82) is 0 Å². The molecule has 0 saturated carbocycles. The van der Waals surface area contributed by atoms with E-state index >= 15 is 0 Å². The molecule has 0 aromatic heterocycles. The molecule has 1 nitrogen and oxygen atoms in total. The van der Waals surface area contributed by atoms with E-state index in [0.29, 0.717) is 0 Å². The van der Waals surface area contributed by atoms with Crippen LogP contribution in [0.15, 0.2) is 12.7 Å². The van der Waals surface area contributed by atoms with Gasteiger partial charge in [0.2, 0.25) is 0 Å². The van der Waals surface area contributed by atoms with Crippen LogP contribution in [0.3, 0.4) is 0 Å². The lowest BCUT2D eigenvalue weighted by atomic mass is 10.8. The molecular weight excluding hydrogens is 144 g/mol. The maximum atomic E-state index is 5.61. The Kier molecular flexibility index (Phi) is 4.86. The quantitative estimate of drug-likeness (QED) is 0.290. The van der Waals surface area contributed by atoms with Gasteiger partial charge in [-0.1, -0.05) is 6.08 Å². The molecule has 0 rings (SSSR count). The molecule has 0 spiro atoms. The first-order valence-corrected chi connectivity index (χ1v) is 4.71. The largest absolute Gasteiger partial charge is 0.467 e. The molecule has 1 atom stereocenters. The predicted octanol–water partition coefficient (Wildman–Crippen LogP) is -0.882. The molecule has 0 fully saturated rings. The Morgan fingerprint density at radius 3 is 2.71 bits per heavy atom. The number of hydrogen-bond donors (Lipinski definition) is 0. The van der Waals surface area contributed by atoms with Crippen LogP contribution in [-0.4, -0.2) is 25.2 Å². The second kappa shape index (κ2) is 4.58. The fourth-order valence-electron chi connectivity index (χ4n) is 0.227. The van der Waals surface area contributed by atoms with E-state index in [-0.39, 0.29) is 5.00 Å². The van der Waals surface area contributed by atoms with Crippen molar-refractivity contribution in [3.05, 3.63) is 12.7 Å². The van der Waals surface area contributed by atoms with Crippen LogP contribution < -0.4 is 0 Å². The molecule has 0 aliphatic rings. The van der Waals surface area contributed by atoms with Crippen molar-refractivity contribution >= 4 is 31.9 Å². The number of rotatable bonds is 3. The number of allylic oxidation sites excluding steroid dienone is 1. The summed E-state index contributed by atoms with van der Waals surface area (Å²) in [7, 11) is 0.376. The van der Waals surface area contributed by atoms with Gasteiger partial charge in [-0.05, 0) is 0 Å². The molecule has 0 bridgehead atoms. The summed E-state index contributed by atoms with van der Waals surface area (Å²) in [6, 6.07) is 0. The first-order valence-electron chi connectivity index (χ1n) is 2.06. The van der Waals surface area contributed by atoms with Gasteiger partial charge in [-0.25, -0.2) is 0 Å². The zero-order valence-electron chi connectivity index (χ0n) is 4.36. The summed E-state index contributed by atoms with van der Waals surface area (Å²) >= 11 is 5.61. The highest BCUT2D eigenvalue weighted by Crippen LogP contribution is 1.91. The predicted molar refractivity (Wildman–Crippen MR) is 39.4 cm³/mol. The standard InChI is InChI=1S/C3H9ClOSi2/c1-2-3(4)7-5-6/h2-3H,1,7H2,6H3. The first kappa shape index (κ1) is 7.42. The van der Waals surface area contributed by atoms with E-state index in [0.717, 1.165) is 10.5 Å². The lowest BCUT2D eigenvalue weighted by molar-refractivity contribution is 0.663. The van der Waals surface area contributed by atoms with E-state index in [2.05, 4.69) is 6.58 Å². The normalized spacial score (nSPS) is 15.6. The third-order valence-electron chi connectivity index (χ3n) is 0.582. The van der Waals surface area contributed by atoms with Crippen molar-refractivity contribution in [1.82, 2.24) is 0 Å². The maximum absolute atomic E-state index is 5.61. The van der Waals surface area contributed by atoms with Crippen molar-refractivity contribution in [3.63, 3.8) is 0 Å². The minimum atomic E-state index is -0.445. The summed E-state index contributed by atoms with van der Waals surface area (Å²) in [5.41, 5.74) is 0. The third-order valence-corrected chi connectivity index (χ3v) is 3.12. The number of hydrogen-bond acceptors (Lipinski definition) is 1. The van der Waals surface area contributed by atoms with Crippen molar-refractivity contribution < 1.29 is 4.12 Å². The Morgan fingerprint density at radius 1 is 2.00 bits per heavy atom. The molecule has 0 aromatic carbocycles. The smallest absolute Gasteiger partial charge is 0.167 e. The minimum Gasteiger partial charge on any atom is -0.467 e. The molecule has 0 N–H and O–H groups in total. The zero-order chi connectivity index (χ0) is 5.70. The van der Waals surface area contributed by atoms with E-state index in [4.69, 9.17) is 15.7 Å². The highest BCUT2D eigenvalue weighted by atomic mass is 35.5. The molecule has 0 aliphatic heterocycles. The lowest BCUT2D eigenvalue weighted by Crippen LogP contribution is -2.07. The average Bonchev–Trinajstić information content (AvgIpc) is 1.68. The SMILES string of the molecule is C=CC(Cl)[SiH2]O[SiH3]. The van der Waals surface area contributed by atoms with Gasteiger partial charge in [-0.3, -0.25) is 0 Å². The molecule has 0 radical (unpaired) electrons. The third kappa shape index (κ3) is 4.27. The summed E-state index contributed by atoms with van der Waals surface area (Å²) in [4.78, 5) is 0. The van der Waals surface area contributed by atoms with Crippen LogP contribution in [0.5, 0.6) is 0 Å². The molecule has 7 heavy (non-hydrogen) atoms. The summed E-state index contributed by atoms with van der Waals surface area (Å²) < 4.78 is 4.97. The van der Waals surface area contributed by atoms with Crippen LogP contribution in [0.25, 0.3) is 0 Å². The molecular formula is C3H9ClOSi2. The molecule has 0 amide bonds. The maximum Gasteiger partial charge on any atom is 0.167 e. The molecule has 0 heterocycles. The zero-order valence-corrected chi connectivity index (χ0v) is 8.53. The molecule has 4 heteroatoms. The molecule has 0 aromatic rings. The highest BCUT2D eigenvalue weighted by Gasteiger charge is 1.94. The van der Waals surface area contributed by atoms with Gasteiger partial charge in [0.25, 0.3) is 0 Å². The van der Waals surface area contributed by atoms with Crippen molar-refractivity contribution in [2.45, 2.75) is 5.00 Å². The van der Waals surface area contributed by atoms with Crippen molar-refractivity contribution in [2.75, 3.05) is 0 Å². The van der Waals surface area contributed by atoms with E-state index in [1.54, 1.807) is 6.08 Å². The lowest BCUT2D eigenvalue weighted by Gasteiger charge is -1.96. The van der Waals surface area contributed by atoms with Gasteiger partial charge in [-0.15, -0.1) is 18.2 Å². The van der Waals surface area contributed by atoms with E-state index in [9.17, 15) is 0 Å². The van der Waals surface area contributed by atoms with Crippen LogP contribution in [0.2, 0.25) is 0 Å². The Hall–Kier alpha value is 0.424. The topological polar surface area (TPSA) is 9.23 Å². The van der Waals surface area contributed by atoms with E-state index < -0.39 is 9.76 Å². The Balaban J connectivity index is 2.98. The van der Waals surface area contributed by atoms with Crippen molar-refractivity contribution in [2.24, 2.45) is 0 Å². The van der Waals surface area contributed by atoms with Gasteiger partial charge in [0.1, 0.15) is 10.5 Å². The van der Waals surface area contributed by atoms with Gasteiger partial charge in [0, 0.05) is 0 Å². The summed E-state index contributed by atoms with van der Waals surface area (Å²) in [5, 5.41) is 0.137.